The van der Waals surface area contributed by atoms with Crippen LogP contribution in [-0.2, 0) is 14.3 Å². The van der Waals surface area contributed by atoms with Crippen molar-refractivity contribution >= 4 is 23.0 Å². The Morgan fingerprint density at radius 3 is 2.44 bits per heavy atom. The van der Waals surface area contributed by atoms with Gasteiger partial charge in [-0.05, 0) is 25.0 Å². The van der Waals surface area contributed by atoms with E-state index in [1.807, 2.05) is 29.2 Å². The first-order valence-corrected chi connectivity index (χ1v) is 9.90. The number of oxazole rings is 1. The number of anilines is 1. The monoisotopic (exact) mass is 371 g/mol. The summed E-state index contributed by atoms with van der Waals surface area (Å²) >= 11 is 0. The largest absolute Gasteiger partial charge is 0.423 e. The highest BCUT2D eigenvalue weighted by molar-refractivity contribution is 5.79. The SMILES string of the molecule is O=C(C1CCN(c2nc3ccccc3o2)CC1)N1CCC2(CC1)OCCO2. The second kappa shape index (κ2) is 6.80. The maximum atomic E-state index is 12.9. The summed E-state index contributed by atoms with van der Waals surface area (Å²) < 4.78 is 17.4. The molecule has 3 fully saturated rings. The standard InChI is InChI=1S/C20H25N3O4/c24-18(22-11-7-20(8-12-22)25-13-14-26-20)15-5-9-23(10-6-15)19-21-16-3-1-2-4-17(16)27-19/h1-4,15H,5-14H2. The van der Waals surface area contributed by atoms with Crippen LogP contribution in [0.3, 0.4) is 0 Å². The molecule has 7 heteroatoms. The number of fused-ring (bicyclic) bond motifs is 1. The van der Waals surface area contributed by atoms with Gasteiger partial charge >= 0.3 is 0 Å². The van der Waals surface area contributed by atoms with Crippen molar-refractivity contribution in [1.29, 1.82) is 0 Å². The fraction of sp³-hybridized carbons (Fsp3) is 0.600. The molecule has 1 aromatic heterocycles. The van der Waals surface area contributed by atoms with E-state index in [0.717, 1.165) is 63.0 Å². The van der Waals surface area contributed by atoms with E-state index in [9.17, 15) is 4.79 Å². The van der Waals surface area contributed by atoms with Crippen molar-refractivity contribution < 1.29 is 18.7 Å². The number of amides is 1. The lowest BCUT2D eigenvalue weighted by Gasteiger charge is -2.40. The predicted molar refractivity (Wildman–Crippen MR) is 99.4 cm³/mol. The Morgan fingerprint density at radius 1 is 1.04 bits per heavy atom. The third kappa shape index (κ3) is 3.19. The van der Waals surface area contributed by atoms with Gasteiger partial charge in [0.25, 0.3) is 6.01 Å². The summed E-state index contributed by atoms with van der Waals surface area (Å²) in [6.07, 6.45) is 3.24. The minimum Gasteiger partial charge on any atom is -0.423 e. The topological polar surface area (TPSA) is 68.0 Å². The van der Waals surface area contributed by atoms with Crippen LogP contribution >= 0.6 is 0 Å². The molecule has 3 saturated heterocycles. The average Bonchev–Trinajstić information content (AvgIpc) is 3.35. The molecule has 0 radical (unpaired) electrons. The summed E-state index contributed by atoms with van der Waals surface area (Å²) in [5, 5.41) is 0. The van der Waals surface area contributed by atoms with Crippen molar-refractivity contribution in [1.82, 2.24) is 9.88 Å². The number of rotatable bonds is 2. The second-order valence-corrected chi connectivity index (χ2v) is 7.66. The Kier molecular flexibility index (Phi) is 4.28. The van der Waals surface area contributed by atoms with E-state index in [-0.39, 0.29) is 11.8 Å². The maximum Gasteiger partial charge on any atom is 0.298 e. The molecule has 0 atom stereocenters. The van der Waals surface area contributed by atoms with Gasteiger partial charge < -0.3 is 23.7 Å². The van der Waals surface area contributed by atoms with Gasteiger partial charge in [0.2, 0.25) is 5.91 Å². The first-order chi connectivity index (χ1) is 13.2. The fourth-order valence-electron chi connectivity index (χ4n) is 4.42. The van der Waals surface area contributed by atoms with Gasteiger partial charge in [0, 0.05) is 44.9 Å². The molecule has 0 unspecified atom stereocenters. The van der Waals surface area contributed by atoms with E-state index < -0.39 is 5.79 Å². The lowest BCUT2D eigenvalue weighted by atomic mass is 9.93. The van der Waals surface area contributed by atoms with Crippen molar-refractivity contribution in [2.24, 2.45) is 5.92 Å². The number of carbonyl (C=O) groups excluding carboxylic acids is 1. The molecule has 4 heterocycles. The van der Waals surface area contributed by atoms with Gasteiger partial charge in [0.1, 0.15) is 5.52 Å². The van der Waals surface area contributed by atoms with Crippen LogP contribution in [0.1, 0.15) is 25.7 Å². The van der Waals surface area contributed by atoms with Gasteiger partial charge in [-0.25, -0.2) is 0 Å². The molecule has 144 valence electrons. The Morgan fingerprint density at radius 2 is 1.74 bits per heavy atom. The molecule has 1 spiro atoms. The number of carbonyl (C=O) groups is 1. The van der Waals surface area contributed by atoms with Crippen LogP contribution in [-0.4, -0.2) is 61.0 Å². The summed E-state index contributed by atoms with van der Waals surface area (Å²) in [6, 6.07) is 8.47. The smallest absolute Gasteiger partial charge is 0.298 e. The van der Waals surface area contributed by atoms with Gasteiger partial charge in [-0.3, -0.25) is 4.79 Å². The van der Waals surface area contributed by atoms with E-state index in [4.69, 9.17) is 13.9 Å². The van der Waals surface area contributed by atoms with Gasteiger partial charge in [0.05, 0.1) is 13.2 Å². The van der Waals surface area contributed by atoms with E-state index in [0.29, 0.717) is 19.2 Å². The molecule has 27 heavy (non-hydrogen) atoms. The molecule has 1 amide bonds. The zero-order valence-electron chi connectivity index (χ0n) is 15.4. The number of likely N-dealkylation sites (tertiary alicyclic amines) is 1. The average molecular weight is 371 g/mol. The molecule has 5 rings (SSSR count). The Balaban J connectivity index is 1.17. The Hall–Kier alpha value is -2.12. The molecule has 0 aliphatic carbocycles. The number of hydrogen-bond acceptors (Lipinski definition) is 6. The quantitative estimate of drug-likeness (QED) is 0.808. The molecule has 0 N–H and O–H groups in total. The predicted octanol–water partition coefficient (Wildman–Crippen LogP) is 2.41. The third-order valence-corrected chi connectivity index (χ3v) is 6.05. The Bertz CT molecular complexity index is 778. The van der Waals surface area contributed by atoms with Gasteiger partial charge in [-0.2, -0.15) is 4.98 Å². The number of nitrogens with zero attached hydrogens (tertiary/aromatic N) is 3. The van der Waals surface area contributed by atoms with Crippen LogP contribution in [0.5, 0.6) is 0 Å². The zero-order chi connectivity index (χ0) is 18.3. The van der Waals surface area contributed by atoms with Crippen molar-refractivity contribution in [3.63, 3.8) is 0 Å². The van der Waals surface area contributed by atoms with Crippen LogP contribution in [0.25, 0.3) is 11.1 Å². The molecule has 0 bridgehead atoms. The van der Waals surface area contributed by atoms with Crippen molar-refractivity contribution in [3.8, 4) is 0 Å². The highest BCUT2D eigenvalue weighted by Crippen LogP contribution is 2.33. The molecule has 2 aromatic rings. The number of ether oxygens (including phenoxy) is 2. The van der Waals surface area contributed by atoms with Gasteiger partial charge in [-0.1, -0.05) is 12.1 Å². The van der Waals surface area contributed by atoms with Crippen LogP contribution in [0.2, 0.25) is 0 Å². The van der Waals surface area contributed by atoms with Gasteiger partial charge in [0.15, 0.2) is 11.4 Å². The summed E-state index contributed by atoms with van der Waals surface area (Å²) in [7, 11) is 0. The molecule has 0 saturated carbocycles. The van der Waals surface area contributed by atoms with Crippen LogP contribution in [0, 0.1) is 5.92 Å². The van der Waals surface area contributed by atoms with E-state index >= 15 is 0 Å². The number of piperidine rings is 2. The number of para-hydroxylation sites is 2. The van der Waals surface area contributed by atoms with Crippen LogP contribution in [0.4, 0.5) is 6.01 Å². The molecular formula is C20H25N3O4. The first-order valence-electron chi connectivity index (χ1n) is 9.90. The lowest BCUT2D eigenvalue weighted by Crippen LogP contribution is -2.50. The molecule has 1 aromatic carbocycles. The van der Waals surface area contributed by atoms with Crippen molar-refractivity contribution in [3.05, 3.63) is 24.3 Å². The van der Waals surface area contributed by atoms with E-state index in [1.54, 1.807) is 0 Å². The zero-order valence-corrected chi connectivity index (χ0v) is 15.4. The van der Waals surface area contributed by atoms with E-state index in [2.05, 4.69) is 9.88 Å². The summed E-state index contributed by atoms with van der Waals surface area (Å²) in [4.78, 5) is 21.6. The Labute approximate surface area is 158 Å². The van der Waals surface area contributed by atoms with Crippen LogP contribution < -0.4 is 4.90 Å². The minimum atomic E-state index is -0.424. The molecule has 7 nitrogen and oxygen atoms in total. The van der Waals surface area contributed by atoms with Crippen molar-refractivity contribution in [2.75, 3.05) is 44.3 Å². The number of aromatic nitrogens is 1. The van der Waals surface area contributed by atoms with E-state index in [1.165, 1.54) is 0 Å². The number of hydrogen-bond donors (Lipinski definition) is 0. The minimum absolute atomic E-state index is 0.0880. The van der Waals surface area contributed by atoms with Crippen LogP contribution in [0.15, 0.2) is 28.7 Å². The summed E-state index contributed by atoms with van der Waals surface area (Å²) in [5.74, 6) is -0.0576. The molecule has 3 aliphatic heterocycles. The third-order valence-electron chi connectivity index (χ3n) is 6.05. The number of benzene rings is 1. The van der Waals surface area contributed by atoms with Crippen molar-refractivity contribution in [2.45, 2.75) is 31.5 Å². The fourth-order valence-corrected chi connectivity index (χ4v) is 4.42. The molecule has 3 aliphatic rings. The highest BCUT2D eigenvalue weighted by atomic mass is 16.7. The highest BCUT2D eigenvalue weighted by Gasteiger charge is 2.42. The first kappa shape index (κ1) is 17.0. The lowest BCUT2D eigenvalue weighted by molar-refractivity contribution is -0.188. The molecular weight excluding hydrogens is 346 g/mol. The maximum absolute atomic E-state index is 12.9. The second-order valence-electron chi connectivity index (χ2n) is 7.66. The summed E-state index contributed by atoms with van der Waals surface area (Å²) in [6.45, 7) is 4.39. The summed E-state index contributed by atoms with van der Waals surface area (Å²) in [5.41, 5.74) is 1.69. The van der Waals surface area contributed by atoms with Gasteiger partial charge in [-0.15, -0.1) is 0 Å². The normalized spacial score (nSPS) is 23.4.